The van der Waals surface area contributed by atoms with Crippen molar-refractivity contribution < 1.29 is 0 Å². The molecule has 1 nitrogen and oxygen atoms in total. The topological polar surface area (TPSA) is 3.24 Å². The molecule has 0 bridgehead atoms. The molecule has 0 radical (unpaired) electrons. The number of benzene rings is 2. The van der Waals surface area contributed by atoms with E-state index in [0.29, 0.717) is 0 Å². The molecule has 1 fully saturated rings. The summed E-state index contributed by atoms with van der Waals surface area (Å²) in [6.45, 7) is 8.10. The fraction of sp³-hybridized carbons (Fsp3) is 0.368. The van der Waals surface area contributed by atoms with E-state index >= 15 is 0 Å². The van der Waals surface area contributed by atoms with Gasteiger partial charge >= 0.3 is 0 Å². The fourth-order valence-corrected chi connectivity index (χ4v) is 3.16. The Bertz CT molecular complexity index is 574. The van der Waals surface area contributed by atoms with Gasteiger partial charge in [0.1, 0.15) is 0 Å². The molecular weight excluding hydrogens is 242 g/mol. The lowest BCUT2D eigenvalue weighted by Crippen LogP contribution is -2.20. The van der Waals surface area contributed by atoms with Gasteiger partial charge in [0, 0.05) is 13.1 Å². The molecule has 3 rings (SSSR count). The van der Waals surface area contributed by atoms with Crippen LogP contribution in [0, 0.1) is 12.8 Å². The van der Waals surface area contributed by atoms with E-state index in [1.807, 2.05) is 0 Å². The first-order valence-electron chi connectivity index (χ1n) is 7.59. The summed E-state index contributed by atoms with van der Waals surface area (Å²) >= 11 is 0. The zero-order chi connectivity index (χ0) is 13.9. The van der Waals surface area contributed by atoms with Crippen LogP contribution in [0.1, 0.15) is 24.5 Å². The first-order valence-corrected chi connectivity index (χ1v) is 7.59. The van der Waals surface area contributed by atoms with Gasteiger partial charge in [-0.25, -0.2) is 0 Å². The Morgan fingerprint density at radius 3 is 2.60 bits per heavy atom. The SMILES string of the molecule is Cc1ccc(-c2ccccc2)c(CN2CC[C@@H](C)C2)c1. The van der Waals surface area contributed by atoms with Gasteiger partial charge in [-0.3, -0.25) is 4.90 Å². The van der Waals surface area contributed by atoms with E-state index in [4.69, 9.17) is 0 Å². The lowest BCUT2D eigenvalue weighted by Gasteiger charge is -2.19. The highest BCUT2D eigenvalue weighted by Gasteiger charge is 2.19. The summed E-state index contributed by atoms with van der Waals surface area (Å²) in [5, 5.41) is 0. The molecule has 1 saturated heterocycles. The smallest absolute Gasteiger partial charge is 0.0240 e. The van der Waals surface area contributed by atoms with Gasteiger partial charge in [-0.1, -0.05) is 61.0 Å². The molecule has 1 atom stereocenters. The van der Waals surface area contributed by atoms with E-state index in [1.54, 1.807) is 0 Å². The normalized spacial score (nSPS) is 19.4. The van der Waals surface area contributed by atoms with Crippen molar-refractivity contribution in [3.8, 4) is 11.1 Å². The van der Waals surface area contributed by atoms with Crippen molar-refractivity contribution in [1.29, 1.82) is 0 Å². The van der Waals surface area contributed by atoms with Crippen molar-refractivity contribution in [2.45, 2.75) is 26.8 Å². The van der Waals surface area contributed by atoms with E-state index < -0.39 is 0 Å². The number of hydrogen-bond acceptors (Lipinski definition) is 1. The molecule has 0 unspecified atom stereocenters. The Balaban J connectivity index is 1.91. The van der Waals surface area contributed by atoms with Gasteiger partial charge in [-0.05, 0) is 42.5 Å². The third-order valence-electron chi connectivity index (χ3n) is 4.25. The fourth-order valence-electron chi connectivity index (χ4n) is 3.16. The number of hydrogen-bond donors (Lipinski definition) is 0. The number of nitrogens with zero attached hydrogens (tertiary/aromatic N) is 1. The Morgan fingerprint density at radius 2 is 1.90 bits per heavy atom. The molecule has 20 heavy (non-hydrogen) atoms. The van der Waals surface area contributed by atoms with Gasteiger partial charge in [0.15, 0.2) is 0 Å². The molecule has 1 heterocycles. The zero-order valence-corrected chi connectivity index (χ0v) is 12.5. The predicted octanol–water partition coefficient (Wildman–Crippen LogP) is 4.50. The van der Waals surface area contributed by atoms with Gasteiger partial charge in [0.2, 0.25) is 0 Å². The Hall–Kier alpha value is -1.60. The van der Waals surface area contributed by atoms with Crippen molar-refractivity contribution in [2.75, 3.05) is 13.1 Å². The maximum Gasteiger partial charge on any atom is 0.0240 e. The minimum atomic E-state index is 0.847. The highest BCUT2D eigenvalue weighted by Crippen LogP contribution is 2.27. The maximum absolute atomic E-state index is 2.59. The molecule has 0 amide bonds. The van der Waals surface area contributed by atoms with Crippen molar-refractivity contribution >= 4 is 0 Å². The molecule has 2 aromatic rings. The lowest BCUT2D eigenvalue weighted by atomic mass is 9.97. The van der Waals surface area contributed by atoms with Gasteiger partial charge < -0.3 is 0 Å². The molecule has 1 heteroatoms. The molecule has 1 aliphatic heterocycles. The van der Waals surface area contributed by atoms with E-state index in [1.165, 1.54) is 41.8 Å². The van der Waals surface area contributed by atoms with E-state index in [2.05, 4.69) is 67.3 Å². The first-order chi connectivity index (χ1) is 9.72. The highest BCUT2D eigenvalue weighted by molar-refractivity contribution is 5.67. The molecule has 104 valence electrons. The molecule has 0 N–H and O–H groups in total. The largest absolute Gasteiger partial charge is 0.299 e. The minimum Gasteiger partial charge on any atom is -0.299 e. The predicted molar refractivity (Wildman–Crippen MR) is 85.7 cm³/mol. The number of likely N-dealkylation sites (tertiary alicyclic amines) is 1. The molecular formula is C19H23N. The Morgan fingerprint density at radius 1 is 1.10 bits per heavy atom. The van der Waals surface area contributed by atoms with Gasteiger partial charge in [-0.15, -0.1) is 0 Å². The molecule has 0 saturated carbocycles. The van der Waals surface area contributed by atoms with Crippen LogP contribution < -0.4 is 0 Å². The molecule has 0 aliphatic carbocycles. The van der Waals surface area contributed by atoms with Crippen molar-refractivity contribution in [1.82, 2.24) is 4.90 Å². The van der Waals surface area contributed by atoms with Crippen LogP contribution in [-0.2, 0) is 6.54 Å². The van der Waals surface area contributed by atoms with Crippen LogP contribution in [0.25, 0.3) is 11.1 Å². The third kappa shape index (κ3) is 2.94. The van der Waals surface area contributed by atoms with Crippen LogP contribution in [0.3, 0.4) is 0 Å². The molecule has 0 aromatic heterocycles. The Kier molecular flexibility index (Phi) is 3.88. The quantitative estimate of drug-likeness (QED) is 0.789. The van der Waals surface area contributed by atoms with E-state index in [9.17, 15) is 0 Å². The van der Waals surface area contributed by atoms with Crippen molar-refractivity contribution in [2.24, 2.45) is 5.92 Å². The van der Waals surface area contributed by atoms with E-state index in [0.717, 1.165) is 12.5 Å². The Labute approximate surface area is 122 Å². The average Bonchev–Trinajstić information content (AvgIpc) is 2.85. The van der Waals surface area contributed by atoms with Crippen molar-refractivity contribution in [3.05, 3.63) is 59.7 Å². The second-order valence-corrected chi connectivity index (χ2v) is 6.16. The van der Waals surface area contributed by atoms with Crippen LogP contribution in [0.5, 0.6) is 0 Å². The monoisotopic (exact) mass is 265 g/mol. The summed E-state index contributed by atoms with van der Waals surface area (Å²) in [4.78, 5) is 2.59. The summed E-state index contributed by atoms with van der Waals surface area (Å²) in [5.74, 6) is 0.847. The van der Waals surface area contributed by atoms with Gasteiger partial charge in [-0.2, -0.15) is 0 Å². The zero-order valence-electron chi connectivity index (χ0n) is 12.5. The standard InChI is InChI=1S/C19H23N/c1-15-8-9-19(17-6-4-3-5-7-17)18(12-15)14-20-11-10-16(2)13-20/h3-9,12,16H,10-11,13-14H2,1-2H3/t16-/m1/s1. The minimum absolute atomic E-state index is 0.847. The highest BCUT2D eigenvalue weighted by atomic mass is 15.1. The van der Waals surface area contributed by atoms with Crippen LogP contribution >= 0.6 is 0 Å². The molecule has 1 aliphatic rings. The number of aryl methyl sites for hydroxylation is 1. The van der Waals surface area contributed by atoms with Crippen LogP contribution in [-0.4, -0.2) is 18.0 Å². The summed E-state index contributed by atoms with van der Waals surface area (Å²) in [6.07, 6.45) is 1.34. The second-order valence-electron chi connectivity index (χ2n) is 6.16. The van der Waals surface area contributed by atoms with Crippen LogP contribution in [0.15, 0.2) is 48.5 Å². The number of rotatable bonds is 3. The average molecular weight is 265 g/mol. The van der Waals surface area contributed by atoms with Gasteiger partial charge in [0.05, 0.1) is 0 Å². The summed E-state index contributed by atoms with van der Waals surface area (Å²) < 4.78 is 0. The lowest BCUT2D eigenvalue weighted by molar-refractivity contribution is 0.321. The summed E-state index contributed by atoms with van der Waals surface area (Å²) in [6, 6.07) is 17.6. The molecule has 2 aromatic carbocycles. The first kappa shape index (κ1) is 13.4. The second kappa shape index (κ2) is 5.80. The third-order valence-corrected chi connectivity index (χ3v) is 4.25. The van der Waals surface area contributed by atoms with Gasteiger partial charge in [0.25, 0.3) is 0 Å². The summed E-state index contributed by atoms with van der Waals surface area (Å²) in [7, 11) is 0. The molecule has 0 spiro atoms. The van der Waals surface area contributed by atoms with Crippen LogP contribution in [0.2, 0.25) is 0 Å². The van der Waals surface area contributed by atoms with Crippen LogP contribution in [0.4, 0.5) is 0 Å². The van der Waals surface area contributed by atoms with E-state index in [-0.39, 0.29) is 0 Å². The van der Waals surface area contributed by atoms with Crippen molar-refractivity contribution in [3.63, 3.8) is 0 Å². The maximum atomic E-state index is 2.59. The summed E-state index contributed by atoms with van der Waals surface area (Å²) in [5.41, 5.74) is 5.53.